The molecule has 272 valence electrons. The summed E-state index contributed by atoms with van der Waals surface area (Å²) >= 11 is 0. The molecule has 0 aliphatic heterocycles. The third-order valence-electron chi connectivity index (χ3n) is 13.8. The molecule has 0 aromatic heterocycles. The van der Waals surface area contributed by atoms with Crippen LogP contribution < -0.4 is 9.80 Å². The van der Waals surface area contributed by atoms with Gasteiger partial charge in [0, 0.05) is 34.6 Å². The van der Waals surface area contributed by atoms with E-state index in [1.807, 2.05) is 0 Å². The summed E-state index contributed by atoms with van der Waals surface area (Å²) in [6.07, 6.45) is 3.02. The van der Waals surface area contributed by atoms with Crippen LogP contribution in [-0.2, 0) is 22.9 Å². The molecule has 3 aliphatic rings. The molecule has 0 heterocycles. The van der Waals surface area contributed by atoms with Gasteiger partial charge in [-0.3, -0.25) is 0 Å². The van der Waals surface area contributed by atoms with Crippen molar-refractivity contribution in [3.63, 3.8) is 0 Å². The predicted octanol–water partition coefficient (Wildman–Crippen LogP) is 14.1. The Bertz CT molecular complexity index is 2850. The van der Waals surface area contributed by atoms with Crippen LogP contribution in [0.5, 0.6) is 0 Å². The third kappa shape index (κ3) is 4.50. The molecule has 0 N–H and O–H groups in total. The number of anilines is 4. The lowest BCUT2D eigenvalue weighted by Crippen LogP contribution is -2.51. The summed E-state index contributed by atoms with van der Waals surface area (Å²) in [5.74, 6) is 0. The van der Waals surface area contributed by atoms with Crippen LogP contribution in [0.4, 0.5) is 22.7 Å². The van der Waals surface area contributed by atoms with E-state index < -0.39 is 0 Å². The highest BCUT2D eigenvalue weighted by atomic mass is 15.2. The molecule has 0 radical (unpaired) electrons. The van der Waals surface area contributed by atoms with Crippen molar-refractivity contribution in [2.75, 3.05) is 9.80 Å². The van der Waals surface area contributed by atoms with Crippen molar-refractivity contribution in [1.29, 1.82) is 0 Å². The van der Waals surface area contributed by atoms with Gasteiger partial charge < -0.3 is 9.80 Å². The van der Waals surface area contributed by atoms with Gasteiger partial charge in [-0.2, -0.15) is 0 Å². The Balaban J connectivity index is 1.03. The Morgan fingerprint density at radius 3 is 1.46 bits per heavy atom. The molecule has 2 atom stereocenters. The van der Waals surface area contributed by atoms with E-state index >= 15 is 0 Å². The van der Waals surface area contributed by atoms with Gasteiger partial charge in [-0.25, -0.2) is 0 Å². The summed E-state index contributed by atoms with van der Waals surface area (Å²) in [5.41, 5.74) is 16.1. The number of rotatable bonds is 8. The van der Waals surface area contributed by atoms with Crippen molar-refractivity contribution in [2.45, 2.75) is 63.5 Å². The normalized spacial score (nSPS) is 19.4. The van der Waals surface area contributed by atoms with Crippen molar-refractivity contribution in [3.8, 4) is 11.1 Å². The lowest BCUT2D eigenvalue weighted by atomic mass is 9.65. The zero-order chi connectivity index (χ0) is 37.8. The van der Waals surface area contributed by atoms with Gasteiger partial charge in [0.15, 0.2) is 0 Å². The topological polar surface area (TPSA) is 6.48 Å². The second-order valence-electron chi connectivity index (χ2n) is 16.8. The van der Waals surface area contributed by atoms with Crippen LogP contribution in [0, 0.1) is 0 Å². The molecule has 2 nitrogen and oxygen atoms in total. The van der Waals surface area contributed by atoms with Crippen molar-refractivity contribution in [1.82, 2.24) is 0 Å². The van der Waals surface area contributed by atoms with Gasteiger partial charge in [0.1, 0.15) is 0 Å². The molecule has 0 amide bonds. The second kappa shape index (κ2) is 11.9. The molecule has 0 saturated heterocycles. The Morgan fingerprint density at radius 2 is 0.893 bits per heavy atom. The zero-order valence-electron chi connectivity index (χ0n) is 32.7. The minimum atomic E-state index is -0.197. The first kappa shape index (κ1) is 33.2. The number of hydrogen-bond donors (Lipinski definition) is 0. The van der Waals surface area contributed by atoms with Gasteiger partial charge in [0.2, 0.25) is 0 Å². The first-order chi connectivity index (χ1) is 27.4. The van der Waals surface area contributed by atoms with Gasteiger partial charge in [-0.15, -0.1) is 0 Å². The van der Waals surface area contributed by atoms with E-state index in [-0.39, 0.29) is 16.5 Å². The Hall–Kier alpha value is -6.12. The van der Waals surface area contributed by atoms with Crippen molar-refractivity contribution >= 4 is 44.3 Å². The summed E-state index contributed by atoms with van der Waals surface area (Å²) in [4.78, 5) is 5.26. The van der Waals surface area contributed by atoms with Crippen LogP contribution in [0.15, 0.2) is 170 Å². The predicted molar refractivity (Wildman–Crippen MR) is 236 cm³/mol. The SMILES string of the molecule is CCC1(N(c2ccccc2)c2ccc3ccccc3c2)Cc2cc3c(cc21)C(C)(C)c1cc2c(cc1-3)C2(CC)N(c1ccccc1)c1ccc2ccccc2c1. The molecule has 11 rings (SSSR count). The Labute approximate surface area is 330 Å². The van der Waals surface area contributed by atoms with E-state index in [4.69, 9.17) is 0 Å². The molecule has 8 aromatic rings. The number of benzene rings is 8. The molecule has 0 fully saturated rings. The van der Waals surface area contributed by atoms with Gasteiger partial charge in [0.25, 0.3) is 0 Å². The third-order valence-corrected chi connectivity index (χ3v) is 13.8. The maximum absolute atomic E-state index is 2.64. The van der Waals surface area contributed by atoms with E-state index in [0.717, 1.165) is 19.3 Å². The Morgan fingerprint density at radius 1 is 0.411 bits per heavy atom. The van der Waals surface area contributed by atoms with Gasteiger partial charge >= 0.3 is 0 Å². The molecule has 0 saturated carbocycles. The smallest absolute Gasteiger partial charge is 0.0960 e. The van der Waals surface area contributed by atoms with Gasteiger partial charge in [-0.05, 0) is 133 Å². The highest BCUT2D eigenvalue weighted by Gasteiger charge is 2.57. The Kier molecular flexibility index (Phi) is 7.09. The van der Waals surface area contributed by atoms with E-state index in [2.05, 4.69) is 207 Å². The maximum atomic E-state index is 2.64. The van der Waals surface area contributed by atoms with Crippen molar-refractivity contribution < 1.29 is 0 Å². The average molecular weight is 723 g/mol. The minimum Gasteiger partial charge on any atom is -0.331 e. The van der Waals surface area contributed by atoms with E-state index in [0.29, 0.717) is 0 Å². The minimum absolute atomic E-state index is 0.132. The van der Waals surface area contributed by atoms with Crippen LogP contribution in [0.2, 0.25) is 0 Å². The number of fused-ring (bicyclic) bond motifs is 7. The highest BCUT2D eigenvalue weighted by Crippen LogP contribution is 2.64. The lowest BCUT2D eigenvalue weighted by molar-refractivity contribution is 0.362. The molecule has 0 spiro atoms. The summed E-state index contributed by atoms with van der Waals surface area (Å²) in [7, 11) is 0. The van der Waals surface area contributed by atoms with Crippen molar-refractivity contribution in [3.05, 3.63) is 203 Å². The molecule has 8 aromatic carbocycles. The summed E-state index contributed by atoms with van der Waals surface area (Å²) in [5, 5.41) is 5.09. The molecule has 2 heteroatoms. The van der Waals surface area contributed by atoms with E-state index in [1.165, 1.54) is 88.8 Å². The largest absolute Gasteiger partial charge is 0.331 e. The fourth-order valence-electron chi connectivity index (χ4n) is 10.8. The van der Waals surface area contributed by atoms with E-state index in [9.17, 15) is 0 Å². The van der Waals surface area contributed by atoms with Crippen LogP contribution in [0.25, 0.3) is 32.7 Å². The van der Waals surface area contributed by atoms with E-state index in [1.54, 1.807) is 0 Å². The first-order valence-electron chi connectivity index (χ1n) is 20.4. The number of para-hydroxylation sites is 2. The average Bonchev–Trinajstić information content (AvgIpc) is 3.82. The van der Waals surface area contributed by atoms with Crippen LogP contribution in [0.3, 0.4) is 0 Å². The molecule has 0 bridgehead atoms. The molecule has 2 unspecified atom stereocenters. The molecular formula is C54H46N2. The quantitative estimate of drug-likeness (QED) is 0.154. The first-order valence-corrected chi connectivity index (χ1v) is 20.4. The van der Waals surface area contributed by atoms with Crippen molar-refractivity contribution in [2.24, 2.45) is 0 Å². The highest BCUT2D eigenvalue weighted by molar-refractivity contribution is 5.92. The number of hydrogen-bond acceptors (Lipinski definition) is 2. The molecule has 56 heavy (non-hydrogen) atoms. The zero-order valence-corrected chi connectivity index (χ0v) is 32.7. The van der Waals surface area contributed by atoms with Crippen LogP contribution in [-0.4, -0.2) is 0 Å². The maximum Gasteiger partial charge on any atom is 0.0960 e. The summed E-state index contributed by atoms with van der Waals surface area (Å²) in [6.45, 7) is 9.65. The second-order valence-corrected chi connectivity index (χ2v) is 16.8. The van der Waals surface area contributed by atoms with Gasteiger partial charge in [0.05, 0.1) is 11.1 Å². The summed E-state index contributed by atoms with van der Waals surface area (Å²) in [6, 6.07) is 63.8. The van der Waals surface area contributed by atoms with Crippen LogP contribution >= 0.6 is 0 Å². The standard InChI is InChI=1S/C54H46N2/c1-5-53(55(41-21-9-7-10-22-41)43-27-25-36-17-13-15-19-38(36)29-43)35-40-31-45-46-32-50-51(34-49(46)52(3,4)48(45)33-47(40)53)54(50,6-2)56(42-23-11-8-12-24-42)44-28-26-37-18-14-16-20-39(37)30-44/h7-34H,5-6,35H2,1-4H3. The number of nitrogens with zero attached hydrogens (tertiary/aromatic N) is 2. The molecular weight excluding hydrogens is 677 g/mol. The van der Waals surface area contributed by atoms with Crippen LogP contribution in [0.1, 0.15) is 73.9 Å². The monoisotopic (exact) mass is 722 g/mol. The fraction of sp³-hybridized carbons (Fsp3) is 0.185. The molecule has 3 aliphatic carbocycles. The van der Waals surface area contributed by atoms with Gasteiger partial charge in [-0.1, -0.05) is 143 Å². The lowest BCUT2D eigenvalue weighted by Gasteiger charge is -2.53. The summed E-state index contributed by atoms with van der Waals surface area (Å²) < 4.78 is 0. The fourth-order valence-corrected chi connectivity index (χ4v) is 10.8.